The molecule has 5 nitrogen and oxygen atoms in total. The van der Waals surface area contributed by atoms with Crippen LogP contribution in [0.4, 0.5) is 0 Å². The minimum atomic E-state index is -0.157. The Morgan fingerprint density at radius 1 is 1.08 bits per heavy atom. The van der Waals surface area contributed by atoms with Gasteiger partial charge >= 0.3 is 0 Å². The molecule has 0 saturated carbocycles. The van der Waals surface area contributed by atoms with Gasteiger partial charge in [-0.25, -0.2) is 0 Å². The van der Waals surface area contributed by atoms with Crippen LogP contribution in [-0.4, -0.2) is 43.9 Å². The van der Waals surface area contributed by atoms with Crippen LogP contribution in [0, 0.1) is 5.92 Å². The van der Waals surface area contributed by atoms with Crippen molar-refractivity contribution in [3.8, 4) is 11.5 Å². The molecule has 0 spiro atoms. The summed E-state index contributed by atoms with van der Waals surface area (Å²) in [6.45, 7) is 1.25. The number of piperidine rings is 1. The number of hydrogen-bond acceptors (Lipinski definition) is 4. The van der Waals surface area contributed by atoms with E-state index in [1.54, 1.807) is 32.4 Å². The molecule has 1 aliphatic heterocycles. The zero-order chi connectivity index (χ0) is 18.5. The molecule has 1 saturated heterocycles. The second kappa shape index (κ2) is 8.39. The first kappa shape index (κ1) is 18.5. The highest BCUT2D eigenvalue weighted by Gasteiger charge is 2.30. The molecule has 1 aliphatic carbocycles. The number of methoxy groups -OCH3 is 2. The molecule has 140 valence electrons. The SMILES string of the molecule is COc1ccc(C(=O)C2CCCN(C(=O)C3=CCCCC3)C2)cc1OC. The summed E-state index contributed by atoms with van der Waals surface area (Å²) in [5.41, 5.74) is 1.54. The minimum Gasteiger partial charge on any atom is -0.493 e. The third-order valence-corrected chi connectivity index (χ3v) is 5.31. The predicted octanol–water partition coefficient (Wildman–Crippen LogP) is 3.63. The van der Waals surface area contributed by atoms with E-state index in [0.717, 1.165) is 50.6 Å². The van der Waals surface area contributed by atoms with Gasteiger partial charge in [0.2, 0.25) is 5.91 Å². The fourth-order valence-electron chi connectivity index (χ4n) is 3.84. The van der Waals surface area contributed by atoms with Gasteiger partial charge in [-0.15, -0.1) is 0 Å². The molecule has 0 aromatic heterocycles. The van der Waals surface area contributed by atoms with Crippen LogP contribution in [0.1, 0.15) is 48.9 Å². The third kappa shape index (κ3) is 3.92. The Kier molecular flexibility index (Phi) is 5.96. The monoisotopic (exact) mass is 357 g/mol. The number of rotatable bonds is 5. The van der Waals surface area contributed by atoms with Crippen molar-refractivity contribution in [2.24, 2.45) is 5.92 Å². The summed E-state index contributed by atoms with van der Waals surface area (Å²) in [4.78, 5) is 27.6. The number of likely N-dealkylation sites (tertiary alicyclic amines) is 1. The van der Waals surface area contributed by atoms with E-state index in [1.165, 1.54) is 0 Å². The molecule has 0 radical (unpaired) electrons. The van der Waals surface area contributed by atoms with Gasteiger partial charge in [0.25, 0.3) is 0 Å². The Morgan fingerprint density at radius 2 is 1.88 bits per heavy atom. The normalized spacial score (nSPS) is 20.3. The fourth-order valence-corrected chi connectivity index (χ4v) is 3.84. The van der Waals surface area contributed by atoms with Crippen molar-refractivity contribution in [2.45, 2.75) is 38.5 Å². The number of carbonyl (C=O) groups excluding carboxylic acids is 2. The van der Waals surface area contributed by atoms with Crippen LogP contribution in [-0.2, 0) is 4.79 Å². The maximum atomic E-state index is 13.0. The van der Waals surface area contributed by atoms with Gasteiger partial charge in [-0.05, 0) is 56.7 Å². The standard InChI is InChI=1S/C21H27NO4/c1-25-18-11-10-16(13-19(18)26-2)20(23)17-9-6-12-22(14-17)21(24)15-7-4-3-5-8-15/h7,10-11,13,17H,3-6,8-9,12,14H2,1-2H3. The van der Waals surface area contributed by atoms with Crippen molar-refractivity contribution in [3.63, 3.8) is 0 Å². The lowest BCUT2D eigenvalue weighted by Gasteiger charge is -2.33. The molecule has 1 heterocycles. The summed E-state index contributed by atoms with van der Waals surface area (Å²) >= 11 is 0. The van der Waals surface area contributed by atoms with Gasteiger partial charge in [0.15, 0.2) is 17.3 Å². The van der Waals surface area contributed by atoms with E-state index < -0.39 is 0 Å². The lowest BCUT2D eigenvalue weighted by molar-refractivity contribution is -0.128. The van der Waals surface area contributed by atoms with Gasteiger partial charge in [-0.1, -0.05) is 6.08 Å². The second-order valence-electron chi connectivity index (χ2n) is 7.00. The molecular formula is C21H27NO4. The Bertz CT molecular complexity index is 710. The lowest BCUT2D eigenvalue weighted by Crippen LogP contribution is -2.43. The Balaban J connectivity index is 1.72. The van der Waals surface area contributed by atoms with Gasteiger partial charge in [-0.2, -0.15) is 0 Å². The number of amides is 1. The van der Waals surface area contributed by atoms with Gasteiger partial charge < -0.3 is 14.4 Å². The maximum absolute atomic E-state index is 13.0. The summed E-state index contributed by atoms with van der Waals surface area (Å²) in [6.07, 6.45) is 7.85. The van der Waals surface area contributed by atoms with E-state index in [-0.39, 0.29) is 17.6 Å². The average molecular weight is 357 g/mol. The largest absolute Gasteiger partial charge is 0.493 e. The molecule has 1 atom stereocenters. The van der Waals surface area contributed by atoms with E-state index in [4.69, 9.17) is 9.47 Å². The molecule has 1 amide bonds. The van der Waals surface area contributed by atoms with Crippen LogP contribution < -0.4 is 9.47 Å². The van der Waals surface area contributed by atoms with Crippen LogP contribution >= 0.6 is 0 Å². The molecule has 0 bridgehead atoms. The molecule has 0 N–H and O–H groups in total. The van der Waals surface area contributed by atoms with Crippen LogP contribution in [0.25, 0.3) is 0 Å². The van der Waals surface area contributed by atoms with E-state index >= 15 is 0 Å². The quantitative estimate of drug-likeness (QED) is 0.755. The smallest absolute Gasteiger partial charge is 0.249 e. The number of ketones is 1. The predicted molar refractivity (Wildman–Crippen MR) is 99.7 cm³/mol. The molecule has 1 fully saturated rings. The second-order valence-corrected chi connectivity index (χ2v) is 7.00. The molecule has 1 aromatic rings. The molecule has 26 heavy (non-hydrogen) atoms. The number of benzene rings is 1. The summed E-state index contributed by atoms with van der Waals surface area (Å²) < 4.78 is 10.5. The van der Waals surface area contributed by atoms with E-state index in [2.05, 4.69) is 6.08 Å². The van der Waals surface area contributed by atoms with Crippen molar-refractivity contribution in [1.82, 2.24) is 4.90 Å². The molecular weight excluding hydrogens is 330 g/mol. The first-order valence-electron chi connectivity index (χ1n) is 9.38. The zero-order valence-corrected chi connectivity index (χ0v) is 15.6. The number of carbonyl (C=O) groups is 2. The van der Waals surface area contributed by atoms with Crippen LogP contribution in [0.15, 0.2) is 29.8 Å². The number of nitrogens with zero attached hydrogens (tertiary/aromatic N) is 1. The van der Waals surface area contributed by atoms with Gasteiger partial charge in [0.1, 0.15) is 0 Å². The number of Topliss-reactive ketones (excluding diaryl/α,β-unsaturated/α-hetero) is 1. The Morgan fingerprint density at radius 3 is 2.58 bits per heavy atom. The number of hydrogen-bond donors (Lipinski definition) is 0. The van der Waals surface area contributed by atoms with E-state index in [0.29, 0.717) is 23.6 Å². The molecule has 3 rings (SSSR count). The number of ether oxygens (including phenoxy) is 2. The highest BCUT2D eigenvalue weighted by molar-refractivity contribution is 5.99. The number of allylic oxidation sites excluding steroid dienone is 1. The molecule has 1 aromatic carbocycles. The van der Waals surface area contributed by atoms with Crippen molar-refractivity contribution >= 4 is 11.7 Å². The highest BCUT2D eigenvalue weighted by Crippen LogP contribution is 2.30. The fraction of sp³-hybridized carbons (Fsp3) is 0.524. The zero-order valence-electron chi connectivity index (χ0n) is 15.6. The molecule has 5 heteroatoms. The maximum Gasteiger partial charge on any atom is 0.249 e. The summed E-state index contributed by atoms with van der Waals surface area (Å²) in [6, 6.07) is 5.25. The molecule has 2 aliphatic rings. The van der Waals surface area contributed by atoms with E-state index in [9.17, 15) is 9.59 Å². The van der Waals surface area contributed by atoms with E-state index in [1.807, 2.05) is 4.90 Å². The molecule has 1 unspecified atom stereocenters. The Hall–Kier alpha value is -2.30. The van der Waals surface area contributed by atoms with Crippen molar-refractivity contribution < 1.29 is 19.1 Å². The minimum absolute atomic E-state index is 0.0704. The summed E-state index contributed by atoms with van der Waals surface area (Å²) in [5, 5.41) is 0. The first-order chi connectivity index (χ1) is 12.6. The van der Waals surface area contributed by atoms with Gasteiger partial charge in [-0.3, -0.25) is 9.59 Å². The van der Waals surface area contributed by atoms with Crippen molar-refractivity contribution in [3.05, 3.63) is 35.4 Å². The van der Waals surface area contributed by atoms with Crippen LogP contribution in [0.5, 0.6) is 11.5 Å². The summed E-state index contributed by atoms with van der Waals surface area (Å²) in [5.74, 6) is 1.19. The first-order valence-corrected chi connectivity index (χ1v) is 9.38. The summed E-state index contributed by atoms with van der Waals surface area (Å²) in [7, 11) is 3.13. The third-order valence-electron chi connectivity index (χ3n) is 5.31. The lowest BCUT2D eigenvalue weighted by atomic mass is 9.89. The van der Waals surface area contributed by atoms with Crippen LogP contribution in [0.3, 0.4) is 0 Å². The van der Waals surface area contributed by atoms with Crippen molar-refractivity contribution in [1.29, 1.82) is 0 Å². The van der Waals surface area contributed by atoms with Crippen molar-refractivity contribution in [2.75, 3.05) is 27.3 Å². The average Bonchev–Trinajstić information content (AvgIpc) is 2.72. The topological polar surface area (TPSA) is 55.8 Å². The van der Waals surface area contributed by atoms with Crippen LogP contribution in [0.2, 0.25) is 0 Å². The van der Waals surface area contributed by atoms with Gasteiger partial charge in [0, 0.05) is 30.1 Å². The Labute approximate surface area is 155 Å². The highest BCUT2D eigenvalue weighted by atomic mass is 16.5. The van der Waals surface area contributed by atoms with Gasteiger partial charge in [0.05, 0.1) is 14.2 Å².